The van der Waals surface area contributed by atoms with E-state index in [1.165, 1.54) is 28.2 Å². The minimum atomic E-state index is -0.293. The Morgan fingerprint density at radius 2 is 2.04 bits per heavy atom. The maximum atomic E-state index is 13.0. The van der Waals surface area contributed by atoms with E-state index in [9.17, 15) is 9.18 Å². The maximum Gasteiger partial charge on any atom is 0.247 e. The molecule has 2 heterocycles. The maximum absolute atomic E-state index is 13.0. The molecule has 0 atom stereocenters. The van der Waals surface area contributed by atoms with Crippen molar-refractivity contribution in [1.29, 1.82) is 0 Å². The molecule has 118 valence electrons. The summed E-state index contributed by atoms with van der Waals surface area (Å²) in [6.45, 7) is 3.79. The van der Waals surface area contributed by atoms with E-state index in [0.29, 0.717) is 5.13 Å². The number of aromatic nitrogens is 4. The molecule has 0 aliphatic heterocycles. The number of nitrogens with one attached hydrogen (secondary N) is 1. The molecule has 3 aromatic rings. The smallest absolute Gasteiger partial charge is 0.247 e. The van der Waals surface area contributed by atoms with E-state index in [2.05, 4.69) is 20.6 Å². The van der Waals surface area contributed by atoms with Crippen molar-refractivity contribution in [3.05, 3.63) is 46.9 Å². The van der Waals surface area contributed by atoms with E-state index in [-0.39, 0.29) is 18.3 Å². The molecular weight excluding hydrogens is 317 g/mol. The molecule has 1 aromatic carbocycles. The minimum absolute atomic E-state index is 0.0748. The Labute approximate surface area is 136 Å². The van der Waals surface area contributed by atoms with E-state index in [4.69, 9.17) is 0 Å². The first kappa shape index (κ1) is 15.3. The van der Waals surface area contributed by atoms with Crippen LogP contribution in [0.1, 0.15) is 10.6 Å². The largest absolute Gasteiger partial charge is 0.300 e. The second-order valence-electron chi connectivity index (χ2n) is 5.04. The van der Waals surface area contributed by atoms with Gasteiger partial charge in [-0.25, -0.2) is 14.1 Å². The first-order valence-electron chi connectivity index (χ1n) is 6.91. The fourth-order valence-corrected chi connectivity index (χ4v) is 2.96. The van der Waals surface area contributed by atoms with E-state index >= 15 is 0 Å². The van der Waals surface area contributed by atoms with Gasteiger partial charge >= 0.3 is 0 Å². The zero-order valence-corrected chi connectivity index (χ0v) is 13.4. The molecule has 0 spiro atoms. The number of amides is 1. The molecule has 0 fully saturated rings. The summed E-state index contributed by atoms with van der Waals surface area (Å²) < 4.78 is 14.5. The van der Waals surface area contributed by atoms with Crippen molar-refractivity contribution >= 4 is 22.4 Å². The normalized spacial score (nSPS) is 10.7. The van der Waals surface area contributed by atoms with Gasteiger partial charge in [0.25, 0.3) is 0 Å². The third kappa shape index (κ3) is 3.59. The first-order valence-corrected chi connectivity index (χ1v) is 7.73. The number of thiazole rings is 1. The number of hydrogen-bond donors (Lipinski definition) is 1. The van der Waals surface area contributed by atoms with Crippen molar-refractivity contribution in [2.75, 3.05) is 5.32 Å². The molecule has 0 bridgehead atoms. The standard InChI is InChI=1S/C15H14FN5OS/c1-9-7-21(20-19-9)8-13(22)17-15-18-14(10(2)23-15)11-3-5-12(16)6-4-11/h3-7H,8H2,1-2H3,(H,17,18,22). The van der Waals surface area contributed by atoms with Crippen molar-refractivity contribution in [2.24, 2.45) is 0 Å². The van der Waals surface area contributed by atoms with E-state index in [1.807, 2.05) is 6.92 Å². The number of carbonyl (C=O) groups is 1. The Balaban J connectivity index is 1.73. The Bertz CT molecular complexity index is 840. The highest BCUT2D eigenvalue weighted by molar-refractivity contribution is 7.16. The lowest BCUT2D eigenvalue weighted by molar-refractivity contribution is -0.116. The SMILES string of the molecule is Cc1cn(CC(=O)Nc2nc(-c3ccc(F)cc3)c(C)s2)nn1. The Morgan fingerprint density at radius 3 is 2.70 bits per heavy atom. The molecule has 23 heavy (non-hydrogen) atoms. The van der Waals surface area contributed by atoms with Gasteiger partial charge in [-0.3, -0.25) is 4.79 Å². The third-order valence-electron chi connectivity index (χ3n) is 3.12. The van der Waals surface area contributed by atoms with Crippen LogP contribution in [-0.4, -0.2) is 25.9 Å². The molecule has 1 N–H and O–H groups in total. The summed E-state index contributed by atoms with van der Waals surface area (Å²) in [5, 5.41) is 10.9. The van der Waals surface area contributed by atoms with Crippen LogP contribution in [0.4, 0.5) is 9.52 Å². The van der Waals surface area contributed by atoms with Crippen LogP contribution in [0.15, 0.2) is 30.5 Å². The van der Waals surface area contributed by atoms with E-state index in [1.54, 1.807) is 25.3 Å². The number of benzene rings is 1. The zero-order chi connectivity index (χ0) is 16.4. The van der Waals surface area contributed by atoms with Gasteiger partial charge in [0.1, 0.15) is 12.4 Å². The highest BCUT2D eigenvalue weighted by atomic mass is 32.1. The van der Waals surface area contributed by atoms with Crippen LogP contribution in [0.3, 0.4) is 0 Å². The fourth-order valence-electron chi connectivity index (χ4n) is 2.10. The molecule has 2 aromatic heterocycles. The molecule has 0 aliphatic rings. The zero-order valence-electron chi connectivity index (χ0n) is 12.6. The van der Waals surface area contributed by atoms with Crippen molar-refractivity contribution in [3.63, 3.8) is 0 Å². The van der Waals surface area contributed by atoms with E-state index in [0.717, 1.165) is 21.8 Å². The number of aryl methyl sites for hydroxylation is 2. The molecule has 0 unspecified atom stereocenters. The summed E-state index contributed by atoms with van der Waals surface area (Å²) in [7, 11) is 0. The molecule has 0 saturated heterocycles. The summed E-state index contributed by atoms with van der Waals surface area (Å²) in [6, 6.07) is 6.11. The van der Waals surface area contributed by atoms with Crippen LogP contribution in [0.5, 0.6) is 0 Å². The van der Waals surface area contributed by atoms with Crippen LogP contribution < -0.4 is 5.32 Å². The average Bonchev–Trinajstić information content (AvgIpc) is 3.06. The summed E-state index contributed by atoms with van der Waals surface area (Å²) in [5.74, 6) is -0.521. The second kappa shape index (κ2) is 6.25. The van der Waals surface area contributed by atoms with Crippen molar-refractivity contribution < 1.29 is 9.18 Å². The lowest BCUT2D eigenvalue weighted by atomic mass is 10.1. The fraction of sp³-hybridized carbons (Fsp3) is 0.200. The summed E-state index contributed by atoms with van der Waals surface area (Å²) >= 11 is 1.38. The molecule has 0 saturated carbocycles. The second-order valence-corrected chi connectivity index (χ2v) is 6.24. The van der Waals surface area contributed by atoms with Gasteiger partial charge in [0, 0.05) is 16.6 Å². The quantitative estimate of drug-likeness (QED) is 0.798. The lowest BCUT2D eigenvalue weighted by Crippen LogP contribution is -2.19. The number of halogens is 1. The predicted molar refractivity (Wildman–Crippen MR) is 85.6 cm³/mol. The number of rotatable bonds is 4. The lowest BCUT2D eigenvalue weighted by Gasteiger charge is -2.01. The number of hydrogen-bond acceptors (Lipinski definition) is 5. The molecule has 8 heteroatoms. The molecule has 0 radical (unpaired) electrons. The minimum Gasteiger partial charge on any atom is -0.300 e. The number of carbonyl (C=O) groups excluding carboxylic acids is 1. The average molecular weight is 331 g/mol. The van der Waals surface area contributed by atoms with Gasteiger partial charge in [-0.2, -0.15) is 0 Å². The van der Waals surface area contributed by atoms with Gasteiger partial charge < -0.3 is 5.32 Å². The monoisotopic (exact) mass is 331 g/mol. The van der Waals surface area contributed by atoms with E-state index < -0.39 is 0 Å². The van der Waals surface area contributed by atoms with Crippen LogP contribution in [0, 0.1) is 19.7 Å². The van der Waals surface area contributed by atoms with Gasteiger partial charge in [-0.1, -0.05) is 5.21 Å². The molecule has 1 amide bonds. The summed E-state index contributed by atoms with van der Waals surface area (Å²) in [5.41, 5.74) is 2.30. The highest BCUT2D eigenvalue weighted by Gasteiger charge is 2.13. The van der Waals surface area contributed by atoms with Gasteiger partial charge in [-0.05, 0) is 38.1 Å². The summed E-state index contributed by atoms with van der Waals surface area (Å²) in [6.07, 6.45) is 1.69. The van der Waals surface area contributed by atoms with Crippen molar-refractivity contribution in [1.82, 2.24) is 20.0 Å². The molecule has 0 aliphatic carbocycles. The molecule has 3 rings (SSSR count). The highest BCUT2D eigenvalue weighted by Crippen LogP contribution is 2.30. The van der Waals surface area contributed by atoms with Crippen LogP contribution in [0.2, 0.25) is 0 Å². The van der Waals surface area contributed by atoms with Crippen LogP contribution >= 0.6 is 11.3 Å². The van der Waals surface area contributed by atoms with Crippen LogP contribution in [-0.2, 0) is 11.3 Å². The van der Waals surface area contributed by atoms with Crippen LogP contribution in [0.25, 0.3) is 11.3 Å². The Hall–Kier alpha value is -2.61. The predicted octanol–water partition coefficient (Wildman–Crippen LogP) is 2.80. The van der Waals surface area contributed by atoms with Gasteiger partial charge in [-0.15, -0.1) is 16.4 Å². The number of anilines is 1. The Kier molecular flexibility index (Phi) is 4.16. The number of nitrogens with zero attached hydrogens (tertiary/aromatic N) is 4. The third-order valence-corrected chi connectivity index (χ3v) is 4.01. The van der Waals surface area contributed by atoms with Gasteiger partial charge in [0.15, 0.2) is 5.13 Å². The molecular formula is C15H14FN5OS. The molecule has 6 nitrogen and oxygen atoms in total. The van der Waals surface area contributed by atoms with Crippen molar-refractivity contribution in [3.8, 4) is 11.3 Å². The topological polar surface area (TPSA) is 72.7 Å². The van der Waals surface area contributed by atoms with Gasteiger partial charge in [0.05, 0.1) is 11.4 Å². The Morgan fingerprint density at radius 1 is 1.30 bits per heavy atom. The first-order chi connectivity index (χ1) is 11.0. The van der Waals surface area contributed by atoms with Crippen molar-refractivity contribution in [2.45, 2.75) is 20.4 Å². The summed E-state index contributed by atoms with van der Waals surface area (Å²) in [4.78, 5) is 17.4. The van der Waals surface area contributed by atoms with Gasteiger partial charge in [0.2, 0.25) is 5.91 Å².